The van der Waals surface area contributed by atoms with Crippen molar-refractivity contribution in [3.05, 3.63) is 29.8 Å². The number of hydrogen-bond acceptors (Lipinski definition) is 6. The van der Waals surface area contributed by atoms with Crippen LogP contribution in [-0.4, -0.2) is 32.5 Å². The Labute approximate surface area is 125 Å². The number of rotatable bonds is 4. The molecule has 0 unspecified atom stereocenters. The molecule has 1 heterocycles. The number of benzene rings is 1. The third-order valence-electron chi connectivity index (χ3n) is 2.77. The Morgan fingerprint density at radius 3 is 2.18 bits per heavy atom. The van der Waals surface area contributed by atoms with E-state index in [-0.39, 0.29) is 4.90 Å². The third-order valence-corrected chi connectivity index (χ3v) is 4.00. The fourth-order valence-corrected chi connectivity index (χ4v) is 2.41. The molecule has 3 N–H and O–H groups in total. The first kappa shape index (κ1) is 15.6. The highest BCUT2D eigenvalue weighted by atomic mass is 32.2. The van der Waals surface area contributed by atoms with E-state index >= 15 is 0 Å². The predicted molar refractivity (Wildman–Crippen MR) is 75.2 cm³/mol. The second kappa shape index (κ2) is 5.93. The van der Waals surface area contributed by atoms with Crippen molar-refractivity contribution >= 4 is 34.1 Å². The van der Waals surface area contributed by atoms with Crippen LogP contribution in [0.15, 0.2) is 34.3 Å². The summed E-state index contributed by atoms with van der Waals surface area (Å²) < 4.78 is 23.8. The van der Waals surface area contributed by atoms with Crippen molar-refractivity contribution < 1.29 is 22.8 Å². The third kappa shape index (κ3) is 3.47. The fraction of sp³-hybridized carbons (Fsp3) is 0.167. The van der Waals surface area contributed by atoms with E-state index in [1.54, 1.807) is 12.1 Å². The molecule has 1 aromatic rings. The van der Waals surface area contributed by atoms with Gasteiger partial charge in [0.05, 0.1) is 4.90 Å². The zero-order valence-electron chi connectivity index (χ0n) is 11.4. The van der Waals surface area contributed by atoms with Crippen LogP contribution in [0.2, 0.25) is 0 Å². The Hall–Kier alpha value is -2.75. The molecule has 1 saturated heterocycles. The molecule has 4 amide bonds. The summed E-state index contributed by atoms with van der Waals surface area (Å²) in [6.45, 7) is 1.81. The van der Waals surface area contributed by atoms with Crippen molar-refractivity contribution in [2.45, 2.75) is 11.8 Å². The van der Waals surface area contributed by atoms with Crippen LogP contribution < -0.4 is 15.5 Å². The van der Waals surface area contributed by atoms with E-state index in [0.717, 1.165) is 11.8 Å². The van der Waals surface area contributed by atoms with Gasteiger partial charge >= 0.3 is 6.03 Å². The molecule has 0 aliphatic carbocycles. The minimum atomic E-state index is -3.90. The summed E-state index contributed by atoms with van der Waals surface area (Å²) in [6, 6.07) is 5.09. The van der Waals surface area contributed by atoms with Crippen molar-refractivity contribution in [3.63, 3.8) is 0 Å². The van der Waals surface area contributed by atoms with Crippen LogP contribution in [0, 0.1) is 12.8 Å². The van der Waals surface area contributed by atoms with E-state index in [0.29, 0.717) is 0 Å². The maximum atomic E-state index is 11.9. The van der Waals surface area contributed by atoms with Gasteiger partial charge in [-0.3, -0.25) is 20.2 Å². The minimum Gasteiger partial charge on any atom is -0.277 e. The Bertz CT molecular complexity index is 734. The molecule has 116 valence electrons. The second-order valence-corrected chi connectivity index (χ2v) is 6.13. The van der Waals surface area contributed by atoms with E-state index in [2.05, 4.69) is 5.10 Å². The fourth-order valence-electron chi connectivity index (χ4n) is 1.61. The Morgan fingerprint density at radius 2 is 1.64 bits per heavy atom. The number of urea groups is 1. The summed E-state index contributed by atoms with van der Waals surface area (Å²) in [5.41, 5.74) is 0.891. The van der Waals surface area contributed by atoms with Gasteiger partial charge < -0.3 is 0 Å². The molecule has 2 rings (SSSR count). The molecule has 1 aliphatic heterocycles. The number of nitrogens with zero attached hydrogens (tertiary/aromatic N) is 1. The zero-order valence-corrected chi connectivity index (χ0v) is 12.2. The number of barbiturate groups is 1. The smallest absolute Gasteiger partial charge is 0.277 e. The van der Waals surface area contributed by atoms with Gasteiger partial charge in [-0.05, 0) is 19.1 Å². The molecule has 0 spiro atoms. The van der Waals surface area contributed by atoms with Gasteiger partial charge in [0, 0.05) is 6.21 Å². The Balaban J connectivity index is 2.08. The molecule has 1 aromatic carbocycles. The topological polar surface area (TPSA) is 134 Å². The Kier molecular flexibility index (Phi) is 4.22. The molecule has 1 aliphatic rings. The van der Waals surface area contributed by atoms with Crippen molar-refractivity contribution in [1.82, 2.24) is 15.5 Å². The quantitative estimate of drug-likeness (QED) is 0.380. The lowest BCUT2D eigenvalue weighted by Crippen LogP contribution is -2.56. The van der Waals surface area contributed by atoms with Gasteiger partial charge in [0.15, 0.2) is 5.92 Å². The second-order valence-electron chi connectivity index (χ2n) is 4.47. The lowest BCUT2D eigenvalue weighted by Gasteiger charge is -2.16. The van der Waals surface area contributed by atoms with E-state index in [9.17, 15) is 22.8 Å². The first-order valence-electron chi connectivity index (χ1n) is 6.07. The van der Waals surface area contributed by atoms with Crippen molar-refractivity contribution in [1.29, 1.82) is 0 Å². The molecule has 22 heavy (non-hydrogen) atoms. The first-order valence-corrected chi connectivity index (χ1v) is 7.55. The van der Waals surface area contributed by atoms with Crippen LogP contribution in [0.25, 0.3) is 0 Å². The summed E-state index contributed by atoms with van der Waals surface area (Å²) in [5, 5.41) is 7.13. The summed E-state index contributed by atoms with van der Waals surface area (Å²) in [5.74, 6) is -3.16. The van der Waals surface area contributed by atoms with Gasteiger partial charge in [0.2, 0.25) is 11.8 Å². The van der Waals surface area contributed by atoms with Crippen LogP contribution in [-0.2, 0) is 19.6 Å². The number of sulfonamides is 1. The lowest BCUT2D eigenvalue weighted by atomic mass is 10.1. The largest absolute Gasteiger partial charge is 0.328 e. The number of carbonyl (C=O) groups is 3. The van der Waals surface area contributed by atoms with E-state index in [1.165, 1.54) is 12.1 Å². The van der Waals surface area contributed by atoms with Crippen LogP contribution in [0.1, 0.15) is 5.56 Å². The summed E-state index contributed by atoms with van der Waals surface area (Å²) in [7, 11) is -3.90. The van der Waals surface area contributed by atoms with Gasteiger partial charge in [-0.25, -0.2) is 9.63 Å². The standard InChI is InChI=1S/C12H12N4O5S/c1-7-2-4-8(5-3-7)22(20,21)16-13-6-9-10(17)14-12(19)15-11(9)18/h2-6,9,16H,1H3,(H2,14,15,17,18,19)/b13-6+. The van der Waals surface area contributed by atoms with Gasteiger partial charge in [-0.2, -0.15) is 13.5 Å². The van der Waals surface area contributed by atoms with Crippen molar-refractivity contribution in [3.8, 4) is 0 Å². The summed E-state index contributed by atoms with van der Waals surface area (Å²) in [4.78, 5) is 35.6. The highest BCUT2D eigenvalue weighted by molar-refractivity contribution is 7.89. The number of hydrazone groups is 1. The molecule has 0 bridgehead atoms. The van der Waals surface area contributed by atoms with Crippen LogP contribution in [0.5, 0.6) is 0 Å². The van der Waals surface area contributed by atoms with Gasteiger partial charge in [-0.15, -0.1) is 0 Å². The number of nitrogens with one attached hydrogen (secondary N) is 3. The molecular weight excluding hydrogens is 312 g/mol. The van der Waals surface area contributed by atoms with E-state index in [1.807, 2.05) is 22.4 Å². The molecule has 0 atom stereocenters. The van der Waals surface area contributed by atoms with Crippen LogP contribution in [0.4, 0.5) is 4.79 Å². The van der Waals surface area contributed by atoms with Gasteiger partial charge in [0.1, 0.15) is 0 Å². The molecule has 1 fully saturated rings. The molecule has 0 saturated carbocycles. The maximum Gasteiger partial charge on any atom is 0.328 e. The number of carbonyl (C=O) groups excluding carboxylic acids is 3. The number of imide groups is 2. The lowest BCUT2D eigenvalue weighted by molar-refractivity contribution is -0.132. The first-order chi connectivity index (χ1) is 10.3. The highest BCUT2D eigenvalue weighted by Gasteiger charge is 2.32. The summed E-state index contributed by atoms with van der Waals surface area (Å²) >= 11 is 0. The highest BCUT2D eigenvalue weighted by Crippen LogP contribution is 2.09. The summed E-state index contributed by atoms with van der Waals surface area (Å²) in [6.07, 6.45) is 0.808. The number of amides is 4. The SMILES string of the molecule is Cc1ccc(S(=O)(=O)N/N=C/C2C(=O)NC(=O)NC2=O)cc1. The number of aryl methyl sites for hydroxylation is 1. The van der Waals surface area contributed by atoms with Crippen molar-refractivity contribution in [2.75, 3.05) is 0 Å². The average molecular weight is 324 g/mol. The van der Waals surface area contributed by atoms with E-state index in [4.69, 9.17) is 0 Å². The minimum absolute atomic E-state index is 0.0111. The predicted octanol–water partition coefficient (Wildman–Crippen LogP) is -0.759. The average Bonchev–Trinajstić information content (AvgIpc) is 2.42. The Morgan fingerprint density at radius 1 is 1.09 bits per heavy atom. The van der Waals surface area contributed by atoms with E-state index < -0.39 is 33.8 Å². The maximum absolute atomic E-state index is 11.9. The van der Waals surface area contributed by atoms with Crippen LogP contribution >= 0.6 is 0 Å². The molecule has 9 nitrogen and oxygen atoms in total. The normalized spacial score (nSPS) is 16.5. The number of hydrogen-bond donors (Lipinski definition) is 3. The zero-order chi connectivity index (χ0) is 16.3. The molecular formula is C12H12N4O5S. The van der Waals surface area contributed by atoms with Crippen LogP contribution in [0.3, 0.4) is 0 Å². The monoisotopic (exact) mass is 324 g/mol. The van der Waals surface area contributed by atoms with Gasteiger partial charge in [-0.1, -0.05) is 17.7 Å². The van der Waals surface area contributed by atoms with Gasteiger partial charge in [0.25, 0.3) is 10.0 Å². The van der Waals surface area contributed by atoms with Crippen molar-refractivity contribution in [2.24, 2.45) is 11.0 Å². The molecule has 10 heteroatoms. The molecule has 0 radical (unpaired) electrons. The molecule has 0 aromatic heterocycles.